The summed E-state index contributed by atoms with van der Waals surface area (Å²) < 4.78 is 24.1. The molecule has 0 aliphatic carbocycles. The van der Waals surface area contributed by atoms with Crippen LogP contribution in [0.1, 0.15) is 5.56 Å². The van der Waals surface area contributed by atoms with Gasteiger partial charge in [0.2, 0.25) is 15.9 Å². The van der Waals surface area contributed by atoms with Gasteiger partial charge in [0.15, 0.2) is 0 Å². The molecule has 112 valence electrons. The van der Waals surface area contributed by atoms with Gasteiger partial charge in [0.1, 0.15) is 0 Å². The maximum absolute atomic E-state index is 11.8. The summed E-state index contributed by atoms with van der Waals surface area (Å²) in [6, 6.07) is 13.9. The standard InChI is InChI=1S/C15H18N2O3S/c1-21(19,20)17-9-8-16-15(18)11-12-6-7-13-4-2-3-5-14(13)10-12/h2-7,10,17H,8-9,11H2,1H3,(H,16,18). The van der Waals surface area contributed by atoms with Gasteiger partial charge in [0.05, 0.1) is 12.7 Å². The molecule has 2 rings (SSSR count). The molecule has 6 heteroatoms. The Morgan fingerprint density at radius 2 is 1.76 bits per heavy atom. The van der Waals surface area contributed by atoms with Crippen molar-refractivity contribution in [3.63, 3.8) is 0 Å². The number of amides is 1. The molecule has 2 N–H and O–H groups in total. The highest BCUT2D eigenvalue weighted by molar-refractivity contribution is 7.88. The second kappa shape index (κ2) is 6.69. The molecule has 0 atom stereocenters. The van der Waals surface area contributed by atoms with Gasteiger partial charge < -0.3 is 5.32 Å². The summed E-state index contributed by atoms with van der Waals surface area (Å²) in [5.74, 6) is -0.124. The summed E-state index contributed by atoms with van der Waals surface area (Å²) in [6.45, 7) is 0.474. The van der Waals surface area contributed by atoms with Gasteiger partial charge in [-0.05, 0) is 16.3 Å². The highest BCUT2D eigenvalue weighted by Crippen LogP contribution is 2.15. The minimum atomic E-state index is -3.21. The van der Waals surface area contributed by atoms with Crippen LogP contribution in [0.15, 0.2) is 42.5 Å². The fourth-order valence-electron chi connectivity index (χ4n) is 2.03. The van der Waals surface area contributed by atoms with Gasteiger partial charge in [-0.3, -0.25) is 4.79 Å². The molecule has 0 bridgehead atoms. The monoisotopic (exact) mass is 306 g/mol. The van der Waals surface area contributed by atoms with E-state index in [0.717, 1.165) is 22.6 Å². The van der Waals surface area contributed by atoms with Gasteiger partial charge >= 0.3 is 0 Å². The number of benzene rings is 2. The smallest absolute Gasteiger partial charge is 0.224 e. The van der Waals surface area contributed by atoms with E-state index in [1.54, 1.807) is 0 Å². The van der Waals surface area contributed by atoms with Crippen LogP contribution in [0.25, 0.3) is 10.8 Å². The lowest BCUT2D eigenvalue weighted by Gasteiger charge is -2.06. The molecule has 2 aromatic carbocycles. The first-order valence-electron chi connectivity index (χ1n) is 6.63. The number of nitrogens with one attached hydrogen (secondary N) is 2. The lowest BCUT2D eigenvalue weighted by Crippen LogP contribution is -2.34. The molecule has 5 nitrogen and oxygen atoms in total. The van der Waals surface area contributed by atoms with Crippen LogP contribution in [0.2, 0.25) is 0 Å². The summed E-state index contributed by atoms with van der Waals surface area (Å²) >= 11 is 0. The second-order valence-electron chi connectivity index (χ2n) is 4.87. The van der Waals surface area contributed by atoms with Crippen molar-refractivity contribution in [2.24, 2.45) is 0 Å². The molecule has 0 aromatic heterocycles. The van der Waals surface area contributed by atoms with Crippen molar-refractivity contribution in [2.75, 3.05) is 19.3 Å². The Hall–Kier alpha value is -1.92. The molecule has 0 heterocycles. The number of carbonyl (C=O) groups excluding carboxylic acids is 1. The molecular formula is C15H18N2O3S. The molecule has 0 saturated heterocycles. The molecule has 1 amide bonds. The molecule has 0 fully saturated rings. The van der Waals surface area contributed by atoms with E-state index in [9.17, 15) is 13.2 Å². The quantitative estimate of drug-likeness (QED) is 0.783. The Labute approximate surface area is 124 Å². The van der Waals surface area contributed by atoms with Crippen molar-refractivity contribution in [2.45, 2.75) is 6.42 Å². The van der Waals surface area contributed by atoms with Crippen LogP contribution in [0, 0.1) is 0 Å². The van der Waals surface area contributed by atoms with E-state index in [0.29, 0.717) is 0 Å². The summed E-state index contributed by atoms with van der Waals surface area (Å²) in [7, 11) is -3.21. The van der Waals surface area contributed by atoms with Gasteiger partial charge in [-0.15, -0.1) is 0 Å². The van der Waals surface area contributed by atoms with Crippen LogP contribution in [0.3, 0.4) is 0 Å². The lowest BCUT2D eigenvalue weighted by molar-refractivity contribution is -0.120. The van der Waals surface area contributed by atoms with E-state index in [1.807, 2.05) is 42.5 Å². The Bertz CT molecular complexity index is 741. The van der Waals surface area contributed by atoms with E-state index in [2.05, 4.69) is 10.0 Å². The van der Waals surface area contributed by atoms with E-state index < -0.39 is 10.0 Å². The van der Waals surface area contributed by atoms with Crippen molar-refractivity contribution in [3.8, 4) is 0 Å². The highest BCUT2D eigenvalue weighted by Gasteiger charge is 2.05. The first-order chi connectivity index (χ1) is 9.94. The van der Waals surface area contributed by atoms with E-state index in [4.69, 9.17) is 0 Å². The Kier molecular flexibility index (Phi) is 4.93. The molecule has 0 aliphatic rings. The topological polar surface area (TPSA) is 75.3 Å². The Balaban J connectivity index is 1.86. The predicted octanol–water partition coefficient (Wildman–Crippen LogP) is 1.05. The van der Waals surface area contributed by atoms with Crippen LogP contribution in [-0.4, -0.2) is 33.7 Å². The Morgan fingerprint density at radius 3 is 2.48 bits per heavy atom. The van der Waals surface area contributed by atoms with Gasteiger partial charge in [-0.25, -0.2) is 13.1 Å². The zero-order valence-corrected chi connectivity index (χ0v) is 12.6. The van der Waals surface area contributed by atoms with Crippen molar-refractivity contribution >= 4 is 26.7 Å². The maximum atomic E-state index is 11.8. The average molecular weight is 306 g/mol. The molecule has 0 unspecified atom stereocenters. The number of hydrogen-bond donors (Lipinski definition) is 2. The summed E-state index contributed by atoms with van der Waals surface area (Å²) in [5.41, 5.74) is 0.933. The molecule has 0 spiro atoms. The van der Waals surface area contributed by atoms with Crippen LogP contribution in [-0.2, 0) is 21.2 Å². The van der Waals surface area contributed by atoms with Gasteiger partial charge in [0, 0.05) is 13.1 Å². The normalized spacial score (nSPS) is 11.5. The SMILES string of the molecule is CS(=O)(=O)NCCNC(=O)Cc1ccc2ccccc2c1. The fourth-order valence-corrected chi connectivity index (χ4v) is 2.51. The van der Waals surface area contributed by atoms with Gasteiger partial charge in [-0.2, -0.15) is 0 Å². The second-order valence-corrected chi connectivity index (χ2v) is 6.71. The highest BCUT2D eigenvalue weighted by atomic mass is 32.2. The van der Waals surface area contributed by atoms with Crippen LogP contribution < -0.4 is 10.0 Å². The number of rotatable bonds is 6. The van der Waals surface area contributed by atoms with Crippen LogP contribution in [0.5, 0.6) is 0 Å². The fraction of sp³-hybridized carbons (Fsp3) is 0.267. The first-order valence-corrected chi connectivity index (χ1v) is 8.52. The third-order valence-electron chi connectivity index (χ3n) is 2.99. The van der Waals surface area contributed by atoms with Gasteiger partial charge in [-0.1, -0.05) is 42.5 Å². The van der Waals surface area contributed by atoms with Crippen molar-refractivity contribution in [1.82, 2.24) is 10.0 Å². The summed E-state index contributed by atoms with van der Waals surface area (Å²) in [6.07, 6.45) is 1.37. The minimum Gasteiger partial charge on any atom is -0.355 e. The van der Waals surface area contributed by atoms with Crippen molar-refractivity contribution in [1.29, 1.82) is 0 Å². The molecule has 2 aromatic rings. The zero-order chi connectivity index (χ0) is 15.3. The maximum Gasteiger partial charge on any atom is 0.224 e. The van der Waals surface area contributed by atoms with E-state index in [-0.39, 0.29) is 25.4 Å². The number of fused-ring (bicyclic) bond motifs is 1. The molecular weight excluding hydrogens is 288 g/mol. The zero-order valence-electron chi connectivity index (χ0n) is 11.8. The summed E-state index contributed by atoms with van der Waals surface area (Å²) in [4.78, 5) is 11.8. The molecule has 21 heavy (non-hydrogen) atoms. The molecule has 0 aliphatic heterocycles. The Morgan fingerprint density at radius 1 is 1.05 bits per heavy atom. The number of hydrogen-bond acceptors (Lipinski definition) is 3. The molecule has 0 radical (unpaired) electrons. The average Bonchev–Trinajstić information content (AvgIpc) is 2.42. The third-order valence-corrected chi connectivity index (χ3v) is 3.72. The first kappa shape index (κ1) is 15.5. The van der Waals surface area contributed by atoms with E-state index in [1.165, 1.54) is 0 Å². The minimum absolute atomic E-state index is 0.124. The third kappa shape index (κ3) is 5.17. The van der Waals surface area contributed by atoms with E-state index >= 15 is 0 Å². The summed E-state index contributed by atoms with van der Waals surface area (Å²) in [5, 5.41) is 4.92. The molecule has 0 saturated carbocycles. The van der Waals surface area contributed by atoms with Crippen molar-refractivity contribution in [3.05, 3.63) is 48.0 Å². The van der Waals surface area contributed by atoms with Crippen LogP contribution >= 0.6 is 0 Å². The number of sulfonamides is 1. The largest absolute Gasteiger partial charge is 0.355 e. The predicted molar refractivity (Wildman–Crippen MR) is 83.5 cm³/mol. The van der Waals surface area contributed by atoms with Crippen LogP contribution in [0.4, 0.5) is 0 Å². The lowest BCUT2D eigenvalue weighted by atomic mass is 10.1. The van der Waals surface area contributed by atoms with Gasteiger partial charge in [0.25, 0.3) is 0 Å². The number of carbonyl (C=O) groups is 1. The van der Waals surface area contributed by atoms with Crippen molar-refractivity contribution < 1.29 is 13.2 Å².